The Kier molecular flexibility index (Phi) is 4.76. The summed E-state index contributed by atoms with van der Waals surface area (Å²) < 4.78 is 46.2. The molecule has 1 atom stereocenters. The molecule has 2 aliphatic rings. The van der Waals surface area contributed by atoms with Crippen LogP contribution in [0.4, 0.5) is 20.6 Å². The summed E-state index contributed by atoms with van der Waals surface area (Å²) in [7, 11) is -2.30. The van der Waals surface area contributed by atoms with E-state index in [-0.39, 0.29) is 43.5 Å². The maximum absolute atomic E-state index is 14.5. The van der Waals surface area contributed by atoms with E-state index in [4.69, 9.17) is 4.74 Å². The molecule has 0 unspecified atom stereocenters. The monoisotopic (exact) mass is 386 g/mol. The molecule has 0 aromatic heterocycles. The van der Waals surface area contributed by atoms with Crippen LogP contribution in [0.15, 0.2) is 18.2 Å². The van der Waals surface area contributed by atoms with Gasteiger partial charge in [-0.1, -0.05) is 0 Å². The van der Waals surface area contributed by atoms with Crippen molar-refractivity contribution in [3.8, 4) is 0 Å². The Balaban J connectivity index is 1.78. The van der Waals surface area contributed by atoms with Crippen LogP contribution in [0.25, 0.3) is 0 Å². The van der Waals surface area contributed by atoms with Crippen molar-refractivity contribution in [1.82, 2.24) is 9.62 Å². The van der Waals surface area contributed by atoms with Crippen LogP contribution in [-0.2, 0) is 19.7 Å². The van der Waals surface area contributed by atoms with E-state index in [1.807, 2.05) is 0 Å². The zero-order valence-electron chi connectivity index (χ0n) is 14.3. The van der Waals surface area contributed by atoms with Crippen molar-refractivity contribution in [2.24, 2.45) is 0 Å². The SMILES string of the molecule is CC(=O)NC[C@H]1CN(c2ccc(N3CCN(C)S3(=O)=O)c(F)c2)C(=O)O1. The van der Waals surface area contributed by atoms with Crippen molar-refractivity contribution in [2.45, 2.75) is 13.0 Å². The van der Waals surface area contributed by atoms with E-state index >= 15 is 0 Å². The average molecular weight is 386 g/mol. The number of nitrogens with zero attached hydrogens (tertiary/aromatic N) is 3. The lowest BCUT2D eigenvalue weighted by molar-refractivity contribution is -0.119. The van der Waals surface area contributed by atoms with Gasteiger partial charge in [0.25, 0.3) is 0 Å². The number of ether oxygens (including phenoxy) is 1. The first-order chi connectivity index (χ1) is 12.2. The van der Waals surface area contributed by atoms with Gasteiger partial charge in [-0.25, -0.2) is 9.18 Å². The smallest absolute Gasteiger partial charge is 0.414 e. The normalized spacial score (nSPS) is 22.6. The van der Waals surface area contributed by atoms with Crippen LogP contribution in [0.1, 0.15) is 6.92 Å². The summed E-state index contributed by atoms with van der Waals surface area (Å²) in [5, 5.41) is 2.56. The van der Waals surface area contributed by atoms with Gasteiger partial charge in [0, 0.05) is 27.1 Å². The molecule has 0 aliphatic carbocycles. The fourth-order valence-electron chi connectivity index (χ4n) is 2.84. The number of anilines is 2. The minimum Gasteiger partial charge on any atom is -0.442 e. The molecule has 1 aromatic rings. The fraction of sp³-hybridized carbons (Fsp3) is 0.467. The van der Waals surface area contributed by atoms with Crippen LogP contribution in [0.3, 0.4) is 0 Å². The van der Waals surface area contributed by atoms with E-state index in [0.717, 1.165) is 14.7 Å². The molecule has 26 heavy (non-hydrogen) atoms. The summed E-state index contributed by atoms with van der Waals surface area (Å²) in [6.07, 6.45) is -1.19. The van der Waals surface area contributed by atoms with E-state index in [2.05, 4.69) is 5.32 Å². The molecule has 2 amide bonds. The summed E-state index contributed by atoms with van der Waals surface area (Å²) >= 11 is 0. The molecule has 1 N–H and O–H groups in total. The highest BCUT2D eigenvalue weighted by atomic mass is 32.2. The van der Waals surface area contributed by atoms with Crippen LogP contribution < -0.4 is 14.5 Å². The number of nitrogens with one attached hydrogen (secondary N) is 1. The maximum Gasteiger partial charge on any atom is 0.414 e. The Bertz CT molecular complexity index is 846. The van der Waals surface area contributed by atoms with Gasteiger partial charge in [-0.2, -0.15) is 12.7 Å². The van der Waals surface area contributed by atoms with Gasteiger partial charge >= 0.3 is 16.3 Å². The van der Waals surface area contributed by atoms with Gasteiger partial charge in [0.15, 0.2) is 0 Å². The fourth-order valence-corrected chi connectivity index (χ4v) is 4.20. The summed E-state index contributed by atoms with van der Waals surface area (Å²) in [6, 6.07) is 3.90. The summed E-state index contributed by atoms with van der Waals surface area (Å²) in [5.41, 5.74) is 0.187. The molecule has 142 valence electrons. The minimum absolute atomic E-state index is 0.0690. The molecule has 0 saturated carbocycles. The predicted molar refractivity (Wildman–Crippen MR) is 91.6 cm³/mol. The van der Waals surface area contributed by atoms with Crippen molar-refractivity contribution >= 4 is 33.6 Å². The van der Waals surface area contributed by atoms with Gasteiger partial charge in [-0.3, -0.25) is 14.0 Å². The first-order valence-electron chi connectivity index (χ1n) is 7.96. The van der Waals surface area contributed by atoms with Crippen LogP contribution in [0, 0.1) is 5.82 Å². The Morgan fingerprint density at radius 2 is 2.12 bits per heavy atom. The lowest BCUT2D eigenvalue weighted by atomic mass is 10.2. The number of halogens is 1. The molecule has 2 heterocycles. The summed E-state index contributed by atoms with van der Waals surface area (Å²) in [4.78, 5) is 24.2. The largest absolute Gasteiger partial charge is 0.442 e. The van der Waals surface area contributed by atoms with Gasteiger partial charge < -0.3 is 10.1 Å². The molecule has 3 rings (SSSR count). The van der Waals surface area contributed by atoms with Gasteiger partial charge in [-0.15, -0.1) is 0 Å². The van der Waals surface area contributed by atoms with Gasteiger partial charge in [0.1, 0.15) is 11.9 Å². The van der Waals surface area contributed by atoms with Crippen molar-refractivity contribution in [3.05, 3.63) is 24.0 Å². The number of amides is 2. The van der Waals surface area contributed by atoms with Gasteiger partial charge in [0.05, 0.1) is 24.5 Å². The Hall–Kier alpha value is -2.40. The highest BCUT2D eigenvalue weighted by Gasteiger charge is 2.36. The highest BCUT2D eigenvalue weighted by molar-refractivity contribution is 7.90. The number of likely N-dealkylation sites (N-methyl/N-ethyl adjacent to an activating group) is 1. The molecule has 2 saturated heterocycles. The Morgan fingerprint density at radius 3 is 2.69 bits per heavy atom. The van der Waals surface area contributed by atoms with Crippen LogP contribution in [0.2, 0.25) is 0 Å². The molecule has 0 radical (unpaired) electrons. The zero-order valence-corrected chi connectivity index (χ0v) is 15.1. The summed E-state index contributed by atoms with van der Waals surface area (Å²) in [6.45, 7) is 2.10. The van der Waals surface area contributed by atoms with E-state index in [1.165, 1.54) is 31.0 Å². The Morgan fingerprint density at radius 1 is 1.38 bits per heavy atom. The minimum atomic E-state index is -3.73. The summed E-state index contributed by atoms with van der Waals surface area (Å²) in [5.74, 6) is -0.994. The number of rotatable bonds is 4. The van der Waals surface area contributed by atoms with Crippen molar-refractivity contribution in [3.63, 3.8) is 0 Å². The standard InChI is InChI=1S/C15H19FN4O5S/c1-10(21)17-8-12-9-19(15(22)25-12)11-3-4-14(13(16)7-11)20-6-5-18(2)26(20,23)24/h3-4,7,12H,5-6,8-9H2,1-2H3,(H,17,21)/t12-/m0/s1. The molecular weight excluding hydrogens is 367 g/mol. The maximum atomic E-state index is 14.5. The van der Waals surface area contributed by atoms with Gasteiger partial charge in [0.2, 0.25) is 5.91 Å². The Labute approximate surface area is 150 Å². The van der Waals surface area contributed by atoms with Crippen LogP contribution in [-0.4, -0.2) is 64.1 Å². The topological polar surface area (TPSA) is 99.3 Å². The molecule has 2 fully saturated rings. The van der Waals surface area contributed by atoms with Crippen molar-refractivity contribution in [2.75, 3.05) is 42.4 Å². The molecule has 2 aliphatic heterocycles. The zero-order chi connectivity index (χ0) is 19.1. The highest BCUT2D eigenvalue weighted by Crippen LogP contribution is 2.31. The van der Waals surface area contributed by atoms with E-state index < -0.39 is 28.2 Å². The first-order valence-corrected chi connectivity index (χ1v) is 9.36. The first kappa shape index (κ1) is 18.4. The predicted octanol–water partition coefficient (Wildman–Crippen LogP) is 0.284. The number of carbonyl (C=O) groups is 2. The third kappa shape index (κ3) is 3.31. The number of hydrogen-bond donors (Lipinski definition) is 1. The quantitative estimate of drug-likeness (QED) is 0.802. The molecule has 0 bridgehead atoms. The second kappa shape index (κ2) is 6.72. The van der Waals surface area contributed by atoms with E-state index in [9.17, 15) is 22.4 Å². The van der Waals surface area contributed by atoms with Crippen molar-refractivity contribution < 1.29 is 27.1 Å². The molecular formula is C15H19FN4O5S. The molecule has 9 nitrogen and oxygen atoms in total. The molecule has 1 aromatic carbocycles. The number of carbonyl (C=O) groups excluding carboxylic acids is 2. The van der Waals surface area contributed by atoms with Crippen LogP contribution >= 0.6 is 0 Å². The third-order valence-electron chi connectivity index (χ3n) is 4.25. The number of cyclic esters (lactones) is 1. The third-order valence-corrected chi connectivity index (χ3v) is 6.16. The average Bonchev–Trinajstić information content (AvgIpc) is 3.06. The second-order valence-electron chi connectivity index (χ2n) is 6.09. The van der Waals surface area contributed by atoms with Gasteiger partial charge in [-0.05, 0) is 18.2 Å². The van der Waals surface area contributed by atoms with E-state index in [0.29, 0.717) is 0 Å². The second-order valence-corrected chi connectivity index (χ2v) is 8.05. The van der Waals surface area contributed by atoms with Crippen LogP contribution in [0.5, 0.6) is 0 Å². The molecule has 11 heteroatoms. The lowest BCUT2D eigenvalue weighted by Gasteiger charge is -2.20. The number of hydrogen-bond acceptors (Lipinski definition) is 5. The lowest BCUT2D eigenvalue weighted by Crippen LogP contribution is -2.33. The number of benzene rings is 1. The molecule has 0 spiro atoms. The van der Waals surface area contributed by atoms with Crippen molar-refractivity contribution in [1.29, 1.82) is 0 Å². The van der Waals surface area contributed by atoms with E-state index in [1.54, 1.807) is 0 Å².